The molecule has 0 spiro atoms. The van der Waals surface area contributed by atoms with Crippen molar-refractivity contribution in [3.63, 3.8) is 0 Å². The first-order chi connectivity index (χ1) is 11.1. The van der Waals surface area contributed by atoms with Gasteiger partial charge in [0, 0.05) is 26.7 Å². The lowest BCUT2D eigenvalue weighted by Gasteiger charge is -2.29. The van der Waals surface area contributed by atoms with Crippen LogP contribution in [0.4, 0.5) is 0 Å². The van der Waals surface area contributed by atoms with E-state index in [0.29, 0.717) is 11.5 Å². The quantitative estimate of drug-likeness (QED) is 0.685. The molecule has 5 heteroatoms. The van der Waals surface area contributed by atoms with Crippen LogP contribution in [0.25, 0.3) is 0 Å². The molecule has 0 radical (unpaired) electrons. The normalized spacial score (nSPS) is 23.4. The molecule has 3 heterocycles. The Labute approximate surface area is 139 Å². The highest BCUT2D eigenvalue weighted by atomic mass is 16.3. The zero-order chi connectivity index (χ0) is 16.3. The average Bonchev–Trinajstić information content (AvgIpc) is 3.25. The van der Waals surface area contributed by atoms with Gasteiger partial charge in [-0.3, -0.25) is 9.89 Å². The third-order valence-electron chi connectivity index (χ3n) is 5.10. The van der Waals surface area contributed by atoms with Crippen molar-refractivity contribution in [3.8, 4) is 0 Å². The van der Waals surface area contributed by atoms with Crippen molar-refractivity contribution in [1.82, 2.24) is 15.1 Å². The van der Waals surface area contributed by atoms with E-state index in [4.69, 9.17) is 4.42 Å². The molecule has 1 atom stereocenters. The lowest BCUT2D eigenvalue weighted by atomic mass is 9.93. The minimum Gasteiger partial charge on any atom is -0.468 e. The van der Waals surface area contributed by atoms with Crippen LogP contribution in [-0.2, 0) is 0 Å². The topological polar surface area (TPSA) is 44.0 Å². The molecular formula is C18H30N4O. The number of hydrogen-bond donors (Lipinski definition) is 1. The molecule has 2 saturated heterocycles. The van der Waals surface area contributed by atoms with Crippen LogP contribution in [0, 0.1) is 5.41 Å². The maximum atomic E-state index is 5.70. The minimum atomic E-state index is 0.292. The Hall–Kier alpha value is -1.49. The predicted octanol–water partition coefficient (Wildman–Crippen LogP) is 2.72. The lowest BCUT2D eigenvalue weighted by Crippen LogP contribution is -2.44. The van der Waals surface area contributed by atoms with Gasteiger partial charge in [-0.25, -0.2) is 0 Å². The van der Waals surface area contributed by atoms with E-state index in [9.17, 15) is 0 Å². The van der Waals surface area contributed by atoms with Gasteiger partial charge in [0.2, 0.25) is 0 Å². The van der Waals surface area contributed by atoms with Gasteiger partial charge in [-0.1, -0.05) is 13.8 Å². The number of aliphatic imine (C=N–C) groups is 1. The van der Waals surface area contributed by atoms with Crippen molar-refractivity contribution in [1.29, 1.82) is 0 Å². The summed E-state index contributed by atoms with van der Waals surface area (Å²) in [6.07, 6.45) is 5.57. The van der Waals surface area contributed by atoms with E-state index in [-0.39, 0.29) is 0 Å². The molecule has 0 aliphatic carbocycles. The molecule has 0 saturated carbocycles. The van der Waals surface area contributed by atoms with E-state index in [1.807, 2.05) is 13.1 Å². The summed E-state index contributed by atoms with van der Waals surface area (Å²) in [5.74, 6) is 2.07. The van der Waals surface area contributed by atoms with E-state index >= 15 is 0 Å². The van der Waals surface area contributed by atoms with Gasteiger partial charge in [0.05, 0.1) is 12.3 Å². The van der Waals surface area contributed by atoms with Gasteiger partial charge in [-0.15, -0.1) is 0 Å². The molecular weight excluding hydrogens is 288 g/mol. The van der Waals surface area contributed by atoms with Gasteiger partial charge in [0.15, 0.2) is 5.96 Å². The second-order valence-electron chi connectivity index (χ2n) is 7.54. The first-order valence-corrected chi connectivity index (χ1v) is 8.82. The third-order valence-corrected chi connectivity index (χ3v) is 5.10. The summed E-state index contributed by atoms with van der Waals surface area (Å²) < 4.78 is 5.70. The zero-order valence-electron chi connectivity index (χ0n) is 14.7. The molecule has 2 aliphatic heterocycles. The molecule has 2 aliphatic rings. The Balaban J connectivity index is 1.63. The molecule has 1 unspecified atom stereocenters. The molecule has 0 bridgehead atoms. The molecule has 128 valence electrons. The predicted molar refractivity (Wildman–Crippen MR) is 93.6 cm³/mol. The number of hydrogen-bond acceptors (Lipinski definition) is 3. The zero-order valence-corrected chi connectivity index (χ0v) is 14.7. The highest BCUT2D eigenvalue weighted by molar-refractivity contribution is 5.80. The van der Waals surface area contributed by atoms with Crippen LogP contribution >= 0.6 is 0 Å². The summed E-state index contributed by atoms with van der Waals surface area (Å²) in [5, 5.41) is 3.59. The van der Waals surface area contributed by atoms with Gasteiger partial charge < -0.3 is 14.6 Å². The second-order valence-corrected chi connectivity index (χ2v) is 7.54. The van der Waals surface area contributed by atoms with Crippen LogP contribution in [-0.4, -0.2) is 55.5 Å². The van der Waals surface area contributed by atoms with Crippen molar-refractivity contribution < 1.29 is 4.42 Å². The van der Waals surface area contributed by atoms with Crippen molar-refractivity contribution >= 4 is 5.96 Å². The van der Waals surface area contributed by atoms with Crippen molar-refractivity contribution in [3.05, 3.63) is 24.2 Å². The molecule has 0 aromatic carbocycles. The van der Waals surface area contributed by atoms with Crippen molar-refractivity contribution in [2.75, 3.05) is 39.8 Å². The minimum absolute atomic E-state index is 0.292. The van der Waals surface area contributed by atoms with Crippen LogP contribution < -0.4 is 5.32 Å². The number of rotatable bonds is 4. The Morgan fingerprint density at radius 1 is 1.35 bits per heavy atom. The van der Waals surface area contributed by atoms with Crippen LogP contribution in [0.2, 0.25) is 0 Å². The highest BCUT2D eigenvalue weighted by Gasteiger charge is 2.32. The second kappa shape index (κ2) is 6.95. The summed E-state index contributed by atoms with van der Waals surface area (Å²) in [4.78, 5) is 9.40. The molecule has 5 nitrogen and oxygen atoms in total. The van der Waals surface area contributed by atoms with Crippen molar-refractivity contribution in [2.45, 2.75) is 39.2 Å². The summed E-state index contributed by atoms with van der Waals surface area (Å²) in [6.45, 7) is 9.97. The van der Waals surface area contributed by atoms with Gasteiger partial charge in [0.1, 0.15) is 5.76 Å². The van der Waals surface area contributed by atoms with E-state index in [0.717, 1.165) is 44.4 Å². The fourth-order valence-electron chi connectivity index (χ4n) is 3.76. The fraction of sp³-hybridized carbons (Fsp3) is 0.722. The Morgan fingerprint density at radius 3 is 2.70 bits per heavy atom. The highest BCUT2D eigenvalue weighted by Crippen LogP contribution is 2.29. The van der Waals surface area contributed by atoms with Crippen LogP contribution in [0.1, 0.15) is 44.9 Å². The molecule has 0 amide bonds. The van der Waals surface area contributed by atoms with Crippen LogP contribution in [0.5, 0.6) is 0 Å². The van der Waals surface area contributed by atoms with Gasteiger partial charge in [0.25, 0.3) is 0 Å². The Morgan fingerprint density at radius 2 is 2.13 bits per heavy atom. The third kappa shape index (κ3) is 3.89. The summed E-state index contributed by atoms with van der Waals surface area (Å²) >= 11 is 0. The molecule has 1 aromatic rings. The van der Waals surface area contributed by atoms with Gasteiger partial charge in [-0.05, 0) is 49.9 Å². The first kappa shape index (κ1) is 16.4. The maximum absolute atomic E-state index is 5.70. The van der Waals surface area contributed by atoms with Crippen molar-refractivity contribution in [2.24, 2.45) is 10.4 Å². The smallest absolute Gasteiger partial charge is 0.193 e. The molecule has 2 fully saturated rings. The average molecular weight is 318 g/mol. The Kier molecular flexibility index (Phi) is 4.95. The van der Waals surface area contributed by atoms with E-state index in [1.54, 1.807) is 6.26 Å². The lowest BCUT2D eigenvalue weighted by molar-refractivity contribution is 0.214. The number of guanidine groups is 1. The number of nitrogens with zero attached hydrogens (tertiary/aromatic N) is 3. The first-order valence-electron chi connectivity index (χ1n) is 8.82. The van der Waals surface area contributed by atoms with Gasteiger partial charge >= 0.3 is 0 Å². The van der Waals surface area contributed by atoms with E-state index in [1.165, 1.54) is 19.3 Å². The molecule has 1 N–H and O–H groups in total. The number of nitrogens with one attached hydrogen (secondary N) is 1. The largest absolute Gasteiger partial charge is 0.468 e. The standard InChI is InChI=1S/C18H30N4O/c1-18(2)8-11-22(14-18)17(19-3)20-13-15(16-7-6-12-23-16)21-9-4-5-10-21/h6-7,12,15H,4-5,8-11,13-14H2,1-3H3,(H,19,20). The summed E-state index contributed by atoms with van der Waals surface area (Å²) in [5.41, 5.74) is 0.382. The Bertz CT molecular complexity index is 517. The molecule has 3 rings (SSSR count). The SMILES string of the molecule is CN=C(NCC(c1ccco1)N1CCCC1)N1CCC(C)(C)C1. The monoisotopic (exact) mass is 318 g/mol. The summed E-state index contributed by atoms with van der Waals surface area (Å²) in [7, 11) is 1.88. The van der Waals surface area contributed by atoms with Crippen LogP contribution in [0.3, 0.4) is 0 Å². The van der Waals surface area contributed by atoms with Crippen LogP contribution in [0.15, 0.2) is 27.8 Å². The number of furan rings is 1. The number of likely N-dealkylation sites (tertiary alicyclic amines) is 2. The van der Waals surface area contributed by atoms with E-state index in [2.05, 4.69) is 40.0 Å². The fourth-order valence-corrected chi connectivity index (χ4v) is 3.76. The van der Waals surface area contributed by atoms with E-state index < -0.39 is 0 Å². The molecule has 1 aromatic heterocycles. The summed E-state index contributed by atoms with van der Waals surface area (Å²) in [6, 6.07) is 4.36. The maximum Gasteiger partial charge on any atom is 0.193 e. The van der Waals surface area contributed by atoms with Gasteiger partial charge in [-0.2, -0.15) is 0 Å². The molecule has 23 heavy (non-hydrogen) atoms.